The van der Waals surface area contributed by atoms with Crippen LogP contribution in [0.25, 0.3) is 11.5 Å². The van der Waals surface area contributed by atoms with E-state index in [1.807, 2.05) is 13.8 Å². The van der Waals surface area contributed by atoms with Crippen LogP contribution in [0.5, 0.6) is 0 Å². The molecule has 0 aliphatic rings. The zero-order valence-electron chi connectivity index (χ0n) is 12.4. The first kappa shape index (κ1) is 16.8. The van der Waals surface area contributed by atoms with Crippen molar-refractivity contribution in [2.75, 3.05) is 0 Å². The molecular weight excluding hydrogens is 313 g/mol. The molecular formula is C14H15F3N4O2. The number of carbonyl (C=O) groups excluding carboxylic acids is 1. The largest absolute Gasteiger partial charge is 0.455 e. The predicted molar refractivity (Wildman–Crippen MR) is 75.2 cm³/mol. The van der Waals surface area contributed by atoms with Crippen LogP contribution < -0.4 is 10.6 Å². The van der Waals surface area contributed by atoms with Gasteiger partial charge in [0, 0.05) is 18.2 Å². The Hall–Kier alpha value is -2.58. The number of nitrogens with zero attached hydrogens (tertiary/aromatic N) is 2. The highest BCUT2D eigenvalue weighted by molar-refractivity contribution is 5.74. The first-order valence-corrected chi connectivity index (χ1v) is 6.80. The lowest BCUT2D eigenvalue weighted by Crippen LogP contribution is -2.39. The minimum absolute atomic E-state index is 0.0257. The molecule has 124 valence electrons. The quantitative estimate of drug-likeness (QED) is 0.904. The van der Waals surface area contributed by atoms with Gasteiger partial charge in [0.2, 0.25) is 0 Å². The third kappa shape index (κ3) is 4.70. The molecule has 2 N–H and O–H groups in total. The normalized spacial score (nSPS) is 11.6. The van der Waals surface area contributed by atoms with Crippen LogP contribution in [0.1, 0.15) is 25.2 Å². The number of halogens is 3. The van der Waals surface area contributed by atoms with Gasteiger partial charge in [0.25, 0.3) is 11.7 Å². The van der Waals surface area contributed by atoms with Crippen molar-refractivity contribution in [2.24, 2.45) is 0 Å². The van der Waals surface area contributed by atoms with Crippen molar-refractivity contribution in [3.05, 3.63) is 35.7 Å². The number of nitrogens with one attached hydrogen (secondary N) is 2. The van der Waals surface area contributed by atoms with E-state index in [1.165, 1.54) is 0 Å². The van der Waals surface area contributed by atoms with Crippen LogP contribution >= 0.6 is 0 Å². The maximum atomic E-state index is 12.4. The third-order valence-electron chi connectivity index (χ3n) is 2.75. The molecule has 2 rings (SSSR count). The molecule has 0 bridgehead atoms. The summed E-state index contributed by atoms with van der Waals surface area (Å²) in [5, 5.41) is 8.24. The summed E-state index contributed by atoms with van der Waals surface area (Å²) in [6, 6.07) is 6.13. The van der Waals surface area contributed by atoms with E-state index in [1.54, 1.807) is 24.3 Å². The number of hydrogen-bond acceptors (Lipinski definition) is 4. The molecule has 2 amide bonds. The Kier molecular flexibility index (Phi) is 4.87. The molecule has 1 aromatic heterocycles. The number of carbonyl (C=O) groups is 1. The van der Waals surface area contributed by atoms with E-state index in [2.05, 4.69) is 25.3 Å². The smallest absolute Gasteiger partial charge is 0.336 e. The van der Waals surface area contributed by atoms with Crippen LogP contribution in [0, 0.1) is 0 Å². The highest BCUT2D eigenvalue weighted by Crippen LogP contribution is 2.28. The van der Waals surface area contributed by atoms with E-state index < -0.39 is 12.0 Å². The molecule has 1 heterocycles. The molecule has 0 spiro atoms. The highest BCUT2D eigenvalue weighted by atomic mass is 19.4. The Balaban J connectivity index is 1.99. The molecule has 0 saturated carbocycles. The lowest BCUT2D eigenvalue weighted by atomic mass is 10.1. The van der Waals surface area contributed by atoms with Gasteiger partial charge in [-0.3, -0.25) is 0 Å². The van der Waals surface area contributed by atoms with Crippen molar-refractivity contribution >= 4 is 6.03 Å². The Morgan fingerprint density at radius 1 is 1.26 bits per heavy atom. The molecule has 0 unspecified atom stereocenters. The van der Waals surface area contributed by atoms with Gasteiger partial charge in [0.05, 0.1) is 0 Å². The average molecular weight is 328 g/mol. The van der Waals surface area contributed by atoms with Gasteiger partial charge in [-0.1, -0.05) is 17.3 Å². The standard InChI is InChI=1S/C14H15F3N4O2/c1-8(2)19-13(22)18-7-9-3-5-10(6-4-9)11-20-12(21-23-11)14(15,16)17/h3-6,8H,7H2,1-2H3,(H2,18,19,22). The number of rotatable bonds is 4. The number of aromatic nitrogens is 2. The zero-order chi connectivity index (χ0) is 17.0. The van der Waals surface area contributed by atoms with Crippen molar-refractivity contribution in [2.45, 2.75) is 32.6 Å². The lowest BCUT2D eigenvalue weighted by Gasteiger charge is -2.10. The van der Waals surface area contributed by atoms with Crippen molar-refractivity contribution in [1.82, 2.24) is 20.8 Å². The summed E-state index contributed by atoms with van der Waals surface area (Å²) in [6.07, 6.45) is -4.64. The van der Waals surface area contributed by atoms with Crippen LogP contribution in [-0.2, 0) is 12.7 Å². The van der Waals surface area contributed by atoms with Gasteiger partial charge in [0.1, 0.15) is 0 Å². The average Bonchev–Trinajstić information content (AvgIpc) is 2.95. The minimum Gasteiger partial charge on any atom is -0.336 e. The molecule has 0 radical (unpaired) electrons. The van der Waals surface area contributed by atoms with Gasteiger partial charge in [-0.25, -0.2) is 4.79 Å². The van der Waals surface area contributed by atoms with Crippen molar-refractivity contribution < 1.29 is 22.5 Å². The zero-order valence-corrected chi connectivity index (χ0v) is 12.4. The lowest BCUT2D eigenvalue weighted by molar-refractivity contribution is -0.146. The van der Waals surface area contributed by atoms with Crippen LogP contribution in [-0.4, -0.2) is 22.2 Å². The molecule has 9 heteroatoms. The first-order chi connectivity index (χ1) is 10.8. The van der Waals surface area contributed by atoms with E-state index in [0.29, 0.717) is 5.56 Å². The highest BCUT2D eigenvalue weighted by Gasteiger charge is 2.37. The fourth-order valence-corrected chi connectivity index (χ4v) is 1.72. The Labute approximate surface area is 130 Å². The van der Waals surface area contributed by atoms with Crippen LogP contribution in [0.15, 0.2) is 28.8 Å². The summed E-state index contributed by atoms with van der Waals surface area (Å²) in [5.41, 5.74) is 1.14. The van der Waals surface area contributed by atoms with Crippen LogP contribution in [0.4, 0.5) is 18.0 Å². The molecule has 6 nitrogen and oxygen atoms in total. The van der Waals surface area contributed by atoms with E-state index >= 15 is 0 Å². The maximum absolute atomic E-state index is 12.4. The molecule has 23 heavy (non-hydrogen) atoms. The predicted octanol–water partition coefficient (Wildman–Crippen LogP) is 2.96. The summed E-state index contributed by atoms with van der Waals surface area (Å²) >= 11 is 0. The van der Waals surface area contributed by atoms with Gasteiger partial charge in [-0.15, -0.1) is 0 Å². The van der Waals surface area contributed by atoms with Gasteiger partial charge in [0.15, 0.2) is 0 Å². The van der Waals surface area contributed by atoms with Crippen molar-refractivity contribution in [3.63, 3.8) is 0 Å². The van der Waals surface area contributed by atoms with Gasteiger partial charge in [-0.2, -0.15) is 18.2 Å². The van der Waals surface area contributed by atoms with Crippen molar-refractivity contribution in [3.8, 4) is 11.5 Å². The number of urea groups is 1. The summed E-state index contributed by atoms with van der Waals surface area (Å²) in [7, 11) is 0. The number of alkyl halides is 3. The monoisotopic (exact) mass is 328 g/mol. The molecule has 0 aliphatic carbocycles. The van der Waals surface area contributed by atoms with E-state index in [4.69, 9.17) is 0 Å². The van der Waals surface area contributed by atoms with E-state index in [0.717, 1.165) is 5.56 Å². The molecule has 2 aromatic rings. The Morgan fingerprint density at radius 3 is 2.43 bits per heavy atom. The summed E-state index contributed by atoms with van der Waals surface area (Å²) in [6.45, 7) is 3.97. The second-order valence-corrected chi connectivity index (χ2v) is 5.10. The maximum Gasteiger partial charge on any atom is 0.455 e. The SMILES string of the molecule is CC(C)NC(=O)NCc1ccc(-c2nc(C(F)(F)F)no2)cc1. The van der Waals surface area contributed by atoms with Gasteiger partial charge < -0.3 is 15.2 Å². The molecule has 0 fully saturated rings. The van der Waals surface area contributed by atoms with Gasteiger partial charge in [-0.05, 0) is 31.5 Å². The molecule has 0 aliphatic heterocycles. The Morgan fingerprint density at radius 2 is 1.91 bits per heavy atom. The third-order valence-corrected chi connectivity index (χ3v) is 2.75. The minimum atomic E-state index is -4.64. The number of hydrogen-bond donors (Lipinski definition) is 2. The summed E-state index contributed by atoms with van der Waals surface area (Å²) in [5.74, 6) is -1.53. The fraction of sp³-hybridized carbons (Fsp3) is 0.357. The second kappa shape index (κ2) is 6.67. The van der Waals surface area contributed by atoms with Crippen LogP contribution in [0.3, 0.4) is 0 Å². The molecule has 1 aromatic carbocycles. The van der Waals surface area contributed by atoms with Crippen LogP contribution in [0.2, 0.25) is 0 Å². The number of benzene rings is 1. The summed E-state index contributed by atoms with van der Waals surface area (Å²) < 4.78 is 41.8. The Bertz CT molecular complexity index is 665. The fourth-order valence-electron chi connectivity index (χ4n) is 1.72. The van der Waals surface area contributed by atoms with Gasteiger partial charge >= 0.3 is 12.2 Å². The first-order valence-electron chi connectivity index (χ1n) is 6.80. The second-order valence-electron chi connectivity index (χ2n) is 5.10. The summed E-state index contributed by atoms with van der Waals surface area (Å²) in [4.78, 5) is 14.8. The topological polar surface area (TPSA) is 80.0 Å². The molecule has 0 atom stereocenters. The van der Waals surface area contributed by atoms with Crippen molar-refractivity contribution in [1.29, 1.82) is 0 Å². The molecule has 0 saturated heterocycles. The number of amides is 2. The van der Waals surface area contributed by atoms with E-state index in [-0.39, 0.29) is 24.5 Å². The van der Waals surface area contributed by atoms with E-state index in [9.17, 15) is 18.0 Å².